The third kappa shape index (κ3) is 3.82. The molecule has 3 rings (SSSR count). The summed E-state index contributed by atoms with van der Waals surface area (Å²) >= 11 is 0. The molecule has 0 amide bonds. The minimum absolute atomic E-state index is 0.269. The van der Waals surface area contributed by atoms with Crippen LogP contribution in [0.4, 0.5) is 4.39 Å². The molecule has 5 nitrogen and oxygen atoms in total. The molecule has 130 valence electrons. The third-order valence-corrected chi connectivity index (χ3v) is 4.91. The summed E-state index contributed by atoms with van der Waals surface area (Å²) in [7, 11) is 2.12. The van der Waals surface area contributed by atoms with E-state index in [1.54, 1.807) is 12.1 Å². The highest BCUT2D eigenvalue weighted by Gasteiger charge is 2.29. The van der Waals surface area contributed by atoms with E-state index in [4.69, 9.17) is 4.52 Å². The first-order valence-corrected chi connectivity index (χ1v) is 8.58. The van der Waals surface area contributed by atoms with E-state index in [-0.39, 0.29) is 5.82 Å². The zero-order chi connectivity index (χ0) is 17.1. The molecule has 0 radical (unpaired) electrons. The van der Waals surface area contributed by atoms with Crippen LogP contribution in [0.15, 0.2) is 28.8 Å². The summed E-state index contributed by atoms with van der Waals surface area (Å²) in [6.45, 7) is 8.55. The lowest BCUT2D eigenvalue weighted by atomic mass is 9.92. The fourth-order valence-electron chi connectivity index (χ4n) is 3.53. The highest BCUT2D eigenvalue weighted by Crippen LogP contribution is 2.23. The highest BCUT2D eigenvalue weighted by molar-refractivity contribution is 5.53. The van der Waals surface area contributed by atoms with Crippen LogP contribution in [0.2, 0.25) is 0 Å². The molecule has 1 aromatic carbocycles. The van der Waals surface area contributed by atoms with Crippen LogP contribution >= 0.6 is 0 Å². The molecule has 0 unspecified atom stereocenters. The third-order valence-electron chi connectivity index (χ3n) is 4.91. The minimum Gasteiger partial charge on any atom is -0.338 e. The number of benzene rings is 1. The lowest BCUT2D eigenvalue weighted by Gasteiger charge is -2.40. The number of rotatable bonds is 5. The predicted octanol–water partition coefficient (Wildman–Crippen LogP) is 3.04. The van der Waals surface area contributed by atoms with Crippen molar-refractivity contribution in [1.29, 1.82) is 0 Å². The molecule has 0 saturated carbocycles. The van der Waals surface area contributed by atoms with Crippen LogP contribution in [0.1, 0.15) is 26.2 Å². The molecule has 0 spiro atoms. The Bertz CT molecular complexity index is 657. The molecule has 24 heavy (non-hydrogen) atoms. The molecule has 0 N–H and O–H groups in total. The van der Waals surface area contributed by atoms with Gasteiger partial charge in [-0.25, -0.2) is 4.39 Å². The molecular weight excluding hydrogens is 307 g/mol. The van der Waals surface area contributed by atoms with Gasteiger partial charge in [-0.15, -0.1) is 0 Å². The molecule has 1 fully saturated rings. The van der Waals surface area contributed by atoms with Gasteiger partial charge in [-0.3, -0.25) is 4.90 Å². The van der Waals surface area contributed by atoms with Crippen LogP contribution in [0.25, 0.3) is 11.4 Å². The zero-order valence-corrected chi connectivity index (χ0v) is 14.6. The van der Waals surface area contributed by atoms with Crippen LogP contribution < -0.4 is 0 Å². The Morgan fingerprint density at radius 3 is 2.75 bits per heavy atom. The van der Waals surface area contributed by atoms with Crippen molar-refractivity contribution < 1.29 is 8.91 Å². The van der Waals surface area contributed by atoms with Gasteiger partial charge in [0.15, 0.2) is 0 Å². The summed E-state index contributed by atoms with van der Waals surface area (Å²) in [5, 5.41) is 4.02. The van der Waals surface area contributed by atoms with Gasteiger partial charge in [-0.05, 0) is 56.7 Å². The van der Waals surface area contributed by atoms with Crippen molar-refractivity contribution in [3.05, 3.63) is 36.0 Å². The number of hydrogen-bond acceptors (Lipinski definition) is 5. The van der Waals surface area contributed by atoms with Crippen LogP contribution in [0.3, 0.4) is 0 Å². The Balaban J connectivity index is 1.63. The van der Waals surface area contributed by atoms with Crippen LogP contribution in [-0.2, 0) is 6.54 Å². The monoisotopic (exact) mass is 332 g/mol. The van der Waals surface area contributed by atoms with Crippen molar-refractivity contribution in [3.8, 4) is 11.4 Å². The molecule has 1 saturated heterocycles. The summed E-state index contributed by atoms with van der Waals surface area (Å²) in [6, 6.07) is 6.65. The van der Waals surface area contributed by atoms with Crippen LogP contribution in [-0.4, -0.2) is 52.7 Å². The number of aromatic nitrogens is 2. The maximum absolute atomic E-state index is 13.0. The predicted molar refractivity (Wildman–Crippen MR) is 90.8 cm³/mol. The van der Waals surface area contributed by atoms with Gasteiger partial charge in [0, 0.05) is 18.2 Å². The topological polar surface area (TPSA) is 45.4 Å². The Labute approximate surface area is 142 Å². The summed E-state index contributed by atoms with van der Waals surface area (Å²) in [5.74, 6) is 1.45. The molecular formula is C18H25FN4O. The highest BCUT2D eigenvalue weighted by atomic mass is 19.1. The van der Waals surface area contributed by atoms with Crippen molar-refractivity contribution in [2.24, 2.45) is 5.92 Å². The summed E-state index contributed by atoms with van der Waals surface area (Å²) in [4.78, 5) is 9.25. The molecule has 2 heterocycles. The largest absolute Gasteiger partial charge is 0.338 e. The van der Waals surface area contributed by atoms with E-state index >= 15 is 0 Å². The second-order valence-corrected chi connectivity index (χ2v) is 6.66. The number of piperidine rings is 1. The average Bonchev–Trinajstić information content (AvgIpc) is 3.03. The first-order chi connectivity index (χ1) is 11.6. The van der Waals surface area contributed by atoms with Crippen LogP contribution in [0, 0.1) is 11.7 Å². The Morgan fingerprint density at radius 2 is 2.08 bits per heavy atom. The Morgan fingerprint density at radius 1 is 1.33 bits per heavy atom. The van der Waals surface area contributed by atoms with Crippen molar-refractivity contribution in [2.45, 2.75) is 32.9 Å². The molecule has 2 aromatic rings. The lowest BCUT2D eigenvalue weighted by Crippen LogP contribution is -2.48. The molecule has 2 atom stereocenters. The maximum atomic E-state index is 13.0. The number of halogens is 1. The minimum atomic E-state index is -0.269. The lowest BCUT2D eigenvalue weighted by molar-refractivity contribution is 0.0724. The van der Waals surface area contributed by atoms with Crippen molar-refractivity contribution in [1.82, 2.24) is 19.9 Å². The molecule has 0 bridgehead atoms. The van der Waals surface area contributed by atoms with Gasteiger partial charge < -0.3 is 9.42 Å². The fourth-order valence-corrected chi connectivity index (χ4v) is 3.53. The van der Waals surface area contributed by atoms with Gasteiger partial charge in [-0.1, -0.05) is 19.0 Å². The SMILES string of the molecule is CCN1CC[C@@H](N(C)Cc2nc(-c3ccc(F)cc3)no2)[C@@H](C)C1. The van der Waals surface area contributed by atoms with Gasteiger partial charge in [0.25, 0.3) is 0 Å². The summed E-state index contributed by atoms with van der Waals surface area (Å²) < 4.78 is 18.4. The number of nitrogens with zero attached hydrogens (tertiary/aromatic N) is 4. The fraction of sp³-hybridized carbons (Fsp3) is 0.556. The van der Waals surface area contributed by atoms with Crippen molar-refractivity contribution in [3.63, 3.8) is 0 Å². The number of hydrogen-bond donors (Lipinski definition) is 0. The van der Waals surface area contributed by atoms with Crippen molar-refractivity contribution >= 4 is 0 Å². The summed E-state index contributed by atoms with van der Waals surface area (Å²) in [6.07, 6.45) is 1.16. The van der Waals surface area contributed by atoms with Crippen molar-refractivity contribution in [2.75, 3.05) is 26.7 Å². The Kier molecular flexibility index (Phi) is 5.26. The smallest absolute Gasteiger partial charge is 0.241 e. The maximum Gasteiger partial charge on any atom is 0.241 e. The molecule has 0 aliphatic carbocycles. The van der Waals surface area contributed by atoms with Gasteiger partial charge in [0.05, 0.1) is 6.54 Å². The van der Waals surface area contributed by atoms with E-state index in [2.05, 4.69) is 40.8 Å². The quantitative estimate of drug-likeness (QED) is 0.842. The van der Waals surface area contributed by atoms with E-state index in [9.17, 15) is 4.39 Å². The summed E-state index contributed by atoms with van der Waals surface area (Å²) in [5.41, 5.74) is 0.763. The Hall–Kier alpha value is -1.79. The standard InChI is InChI=1S/C18H25FN4O/c1-4-23-10-9-16(13(2)11-23)22(3)12-17-20-18(21-24-17)14-5-7-15(19)8-6-14/h5-8,13,16H,4,9-12H2,1-3H3/t13-,16+/m0/s1. The van der Waals surface area contributed by atoms with E-state index in [0.29, 0.717) is 30.2 Å². The number of likely N-dealkylation sites (tertiary alicyclic amines) is 1. The van der Waals surface area contributed by atoms with Crippen LogP contribution in [0.5, 0.6) is 0 Å². The first-order valence-electron chi connectivity index (χ1n) is 8.58. The van der Waals surface area contributed by atoms with E-state index in [1.165, 1.54) is 12.1 Å². The van der Waals surface area contributed by atoms with Gasteiger partial charge in [-0.2, -0.15) is 4.98 Å². The van der Waals surface area contributed by atoms with Gasteiger partial charge in [0.2, 0.25) is 11.7 Å². The molecule has 1 aromatic heterocycles. The normalized spacial score (nSPS) is 22.2. The van der Waals surface area contributed by atoms with Gasteiger partial charge >= 0.3 is 0 Å². The van der Waals surface area contributed by atoms with E-state index in [1.807, 2.05) is 0 Å². The molecule has 6 heteroatoms. The molecule has 1 aliphatic heterocycles. The second kappa shape index (κ2) is 7.40. The van der Waals surface area contributed by atoms with E-state index < -0.39 is 0 Å². The average molecular weight is 332 g/mol. The van der Waals surface area contributed by atoms with Gasteiger partial charge in [0.1, 0.15) is 5.82 Å². The molecule has 1 aliphatic rings. The van der Waals surface area contributed by atoms with E-state index in [0.717, 1.165) is 31.6 Å². The zero-order valence-electron chi connectivity index (χ0n) is 14.6. The second-order valence-electron chi connectivity index (χ2n) is 6.66. The first kappa shape index (κ1) is 17.0.